The largest absolute Gasteiger partial charge is 0.376 e. The SMILES string of the molecule is Cc1ccc(NC(=O)CSc2nc3c(sc4ncccc43)c(=O)n2C[C@@H]2CCCO2)cc1. The molecule has 164 valence electrons. The molecule has 1 N–H and O–H groups in total. The number of hydrogen-bond donors (Lipinski definition) is 1. The number of thioether (sulfide) groups is 1. The Balaban J connectivity index is 1.46. The van der Waals surface area contributed by atoms with E-state index in [9.17, 15) is 9.59 Å². The molecule has 3 aromatic heterocycles. The van der Waals surface area contributed by atoms with Crippen LogP contribution in [0.2, 0.25) is 0 Å². The molecule has 7 nitrogen and oxygen atoms in total. The highest BCUT2D eigenvalue weighted by atomic mass is 32.2. The van der Waals surface area contributed by atoms with E-state index in [1.54, 1.807) is 10.8 Å². The quantitative estimate of drug-likeness (QED) is 0.338. The lowest BCUT2D eigenvalue weighted by atomic mass is 10.2. The summed E-state index contributed by atoms with van der Waals surface area (Å²) in [5.41, 5.74) is 2.42. The topological polar surface area (TPSA) is 86.1 Å². The molecule has 4 heterocycles. The van der Waals surface area contributed by atoms with Gasteiger partial charge in [-0.05, 0) is 44.0 Å². The molecule has 0 aliphatic carbocycles. The minimum atomic E-state index is -0.145. The van der Waals surface area contributed by atoms with Gasteiger partial charge in [0.05, 0.1) is 23.9 Å². The van der Waals surface area contributed by atoms with Crippen molar-refractivity contribution < 1.29 is 9.53 Å². The third-order valence-corrected chi connectivity index (χ3v) is 7.46. The molecule has 1 aliphatic heterocycles. The van der Waals surface area contributed by atoms with Gasteiger partial charge in [0, 0.05) is 23.9 Å². The van der Waals surface area contributed by atoms with E-state index in [0.29, 0.717) is 28.5 Å². The number of aromatic nitrogens is 3. The Morgan fingerprint density at radius 3 is 2.94 bits per heavy atom. The van der Waals surface area contributed by atoms with Crippen molar-refractivity contribution >= 4 is 55.1 Å². The molecule has 1 atom stereocenters. The highest BCUT2D eigenvalue weighted by molar-refractivity contribution is 7.99. The standard InChI is InChI=1S/C23H22N4O3S2/c1-14-6-8-15(9-7-14)25-18(28)13-31-23-26-19-17-5-2-10-24-21(17)32-20(19)22(29)27(23)12-16-4-3-11-30-16/h2,5-10,16H,3-4,11-13H2,1H3,(H,25,28)/t16-/m0/s1. The number of thiophene rings is 1. The van der Waals surface area contributed by atoms with Crippen molar-refractivity contribution in [3.05, 3.63) is 58.5 Å². The number of aryl methyl sites for hydroxylation is 1. The fourth-order valence-electron chi connectivity index (χ4n) is 3.77. The van der Waals surface area contributed by atoms with E-state index in [1.165, 1.54) is 23.1 Å². The number of rotatable bonds is 6. The summed E-state index contributed by atoms with van der Waals surface area (Å²) in [4.78, 5) is 36.0. The van der Waals surface area contributed by atoms with Crippen molar-refractivity contribution in [2.45, 2.75) is 37.6 Å². The molecule has 5 rings (SSSR count). The van der Waals surface area contributed by atoms with Crippen LogP contribution < -0.4 is 10.9 Å². The molecule has 32 heavy (non-hydrogen) atoms. The first-order valence-electron chi connectivity index (χ1n) is 10.5. The van der Waals surface area contributed by atoms with Crippen molar-refractivity contribution in [3.8, 4) is 0 Å². The van der Waals surface area contributed by atoms with Crippen molar-refractivity contribution in [2.75, 3.05) is 17.7 Å². The first-order valence-corrected chi connectivity index (χ1v) is 12.3. The van der Waals surface area contributed by atoms with Gasteiger partial charge in [-0.15, -0.1) is 11.3 Å². The van der Waals surface area contributed by atoms with Crippen LogP contribution in [0.5, 0.6) is 0 Å². The lowest BCUT2D eigenvalue weighted by Gasteiger charge is -2.15. The van der Waals surface area contributed by atoms with Gasteiger partial charge in [0.15, 0.2) is 5.16 Å². The number of pyridine rings is 1. The summed E-state index contributed by atoms with van der Waals surface area (Å²) in [5, 5.41) is 4.29. The second-order valence-corrected chi connectivity index (χ2v) is 9.73. The lowest BCUT2D eigenvalue weighted by molar-refractivity contribution is -0.113. The number of nitrogens with one attached hydrogen (secondary N) is 1. The molecule has 4 aromatic rings. The van der Waals surface area contributed by atoms with Gasteiger partial charge in [-0.25, -0.2) is 9.97 Å². The summed E-state index contributed by atoms with van der Waals surface area (Å²) in [6.07, 6.45) is 3.60. The maximum atomic E-state index is 13.4. The van der Waals surface area contributed by atoms with Gasteiger partial charge in [-0.1, -0.05) is 29.5 Å². The van der Waals surface area contributed by atoms with Gasteiger partial charge >= 0.3 is 0 Å². The molecule has 0 spiro atoms. The third kappa shape index (κ3) is 4.28. The van der Waals surface area contributed by atoms with Crippen LogP contribution >= 0.6 is 23.1 Å². The smallest absolute Gasteiger partial charge is 0.272 e. The first-order chi connectivity index (χ1) is 15.6. The fraction of sp³-hybridized carbons (Fsp3) is 0.304. The number of carbonyl (C=O) groups is 1. The van der Waals surface area contributed by atoms with Crippen LogP contribution in [0, 0.1) is 6.92 Å². The molecule has 1 aromatic carbocycles. The van der Waals surface area contributed by atoms with Crippen molar-refractivity contribution in [1.82, 2.24) is 14.5 Å². The minimum absolute atomic E-state index is 0.0137. The Bertz CT molecular complexity index is 1340. The van der Waals surface area contributed by atoms with Crippen LogP contribution in [0.4, 0.5) is 5.69 Å². The molecule has 0 radical (unpaired) electrons. The molecule has 1 saturated heterocycles. The van der Waals surface area contributed by atoms with E-state index >= 15 is 0 Å². The van der Waals surface area contributed by atoms with E-state index < -0.39 is 0 Å². The summed E-state index contributed by atoms with van der Waals surface area (Å²) < 4.78 is 8.02. The molecule has 0 bridgehead atoms. The Kier molecular flexibility index (Phi) is 5.95. The van der Waals surface area contributed by atoms with Crippen LogP contribution in [0.25, 0.3) is 20.4 Å². The number of fused-ring (bicyclic) bond motifs is 3. The summed E-state index contributed by atoms with van der Waals surface area (Å²) in [6.45, 7) is 3.15. The molecular formula is C23H22N4O3S2. The maximum absolute atomic E-state index is 13.4. The Labute approximate surface area is 192 Å². The number of amides is 1. The summed E-state index contributed by atoms with van der Waals surface area (Å²) >= 11 is 2.63. The number of carbonyl (C=O) groups excluding carboxylic acids is 1. The molecular weight excluding hydrogens is 444 g/mol. The summed E-state index contributed by atoms with van der Waals surface area (Å²) in [6, 6.07) is 11.4. The monoisotopic (exact) mass is 466 g/mol. The predicted molar refractivity (Wildman–Crippen MR) is 129 cm³/mol. The molecule has 9 heteroatoms. The number of hydrogen-bond acceptors (Lipinski definition) is 7. The van der Waals surface area contributed by atoms with Gasteiger partial charge in [-0.2, -0.15) is 0 Å². The fourth-order valence-corrected chi connectivity index (χ4v) is 5.60. The number of ether oxygens (including phenoxy) is 1. The molecule has 0 saturated carbocycles. The van der Waals surface area contributed by atoms with Crippen LogP contribution in [0.3, 0.4) is 0 Å². The highest BCUT2D eigenvalue weighted by Gasteiger charge is 2.22. The van der Waals surface area contributed by atoms with E-state index in [0.717, 1.165) is 34.3 Å². The number of anilines is 1. The number of nitrogens with zero attached hydrogens (tertiary/aromatic N) is 3. The van der Waals surface area contributed by atoms with Gasteiger partial charge in [0.1, 0.15) is 9.53 Å². The third-order valence-electron chi connectivity index (χ3n) is 5.40. The molecule has 1 fully saturated rings. The number of benzene rings is 1. The predicted octanol–water partition coefficient (Wildman–Crippen LogP) is 4.22. The zero-order chi connectivity index (χ0) is 22.1. The van der Waals surface area contributed by atoms with Gasteiger partial charge in [0.2, 0.25) is 5.91 Å². The first kappa shape index (κ1) is 21.1. The van der Waals surface area contributed by atoms with E-state index in [4.69, 9.17) is 9.72 Å². The average Bonchev–Trinajstić information content (AvgIpc) is 3.44. The Morgan fingerprint density at radius 1 is 1.31 bits per heavy atom. The van der Waals surface area contributed by atoms with Crippen molar-refractivity contribution in [3.63, 3.8) is 0 Å². The van der Waals surface area contributed by atoms with Gasteiger partial charge in [0.25, 0.3) is 5.56 Å². The second kappa shape index (κ2) is 9.01. The molecule has 1 amide bonds. The van der Waals surface area contributed by atoms with Gasteiger partial charge in [-0.3, -0.25) is 14.2 Å². The van der Waals surface area contributed by atoms with Crippen LogP contribution in [-0.4, -0.2) is 38.9 Å². The van der Waals surface area contributed by atoms with Crippen molar-refractivity contribution in [2.24, 2.45) is 0 Å². The Morgan fingerprint density at radius 2 is 2.16 bits per heavy atom. The summed E-state index contributed by atoms with van der Waals surface area (Å²) in [7, 11) is 0. The minimum Gasteiger partial charge on any atom is -0.376 e. The highest BCUT2D eigenvalue weighted by Crippen LogP contribution is 2.31. The Hall–Kier alpha value is -2.75. The van der Waals surface area contributed by atoms with Crippen LogP contribution in [-0.2, 0) is 16.1 Å². The van der Waals surface area contributed by atoms with Crippen molar-refractivity contribution in [1.29, 1.82) is 0 Å². The van der Waals surface area contributed by atoms with Crippen LogP contribution in [0.1, 0.15) is 18.4 Å². The maximum Gasteiger partial charge on any atom is 0.272 e. The normalized spacial score (nSPS) is 16.1. The summed E-state index contributed by atoms with van der Waals surface area (Å²) in [5.74, 6) is 0.00575. The van der Waals surface area contributed by atoms with E-state index in [1.807, 2.05) is 43.3 Å². The van der Waals surface area contributed by atoms with E-state index in [2.05, 4.69) is 10.3 Å². The second-order valence-electron chi connectivity index (χ2n) is 7.78. The molecule has 1 aliphatic rings. The van der Waals surface area contributed by atoms with E-state index in [-0.39, 0.29) is 23.3 Å². The molecule has 0 unspecified atom stereocenters. The zero-order valence-electron chi connectivity index (χ0n) is 17.5. The lowest BCUT2D eigenvalue weighted by Crippen LogP contribution is -2.28. The van der Waals surface area contributed by atoms with Gasteiger partial charge < -0.3 is 10.1 Å². The zero-order valence-corrected chi connectivity index (χ0v) is 19.2. The average molecular weight is 467 g/mol. The van der Waals surface area contributed by atoms with Crippen LogP contribution in [0.15, 0.2) is 52.5 Å².